The second kappa shape index (κ2) is 6.75. The third-order valence-corrected chi connectivity index (χ3v) is 3.14. The number of rotatable bonds is 4. The van der Waals surface area contributed by atoms with E-state index in [9.17, 15) is 4.79 Å². The molecule has 0 heterocycles. The Morgan fingerprint density at radius 1 is 0.900 bits per heavy atom. The van der Waals surface area contributed by atoms with Crippen molar-refractivity contribution < 1.29 is 4.79 Å². The summed E-state index contributed by atoms with van der Waals surface area (Å²) in [7, 11) is 0. The Hall–Kier alpha value is -2.29. The van der Waals surface area contributed by atoms with E-state index in [0.29, 0.717) is 5.92 Å². The van der Waals surface area contributed by atoms with Crippen molar-refractivity contribution in [3.05, 3.63) is 66.2 Å². The predicted molar refractivity (Wildman–Crippen MR) is 82.6 cm³/mol. The van der Waals surface area contributed by atoms with Crippen LogP contribution in [-0.4, -0.2) is 6.03 Å². The van der Waals surface area contributed by atoms with Crippen molar-refractivity contribution in [1.29, 1.82) is 0 Å². The Kier molecular flexibility index (Phi) is 4.77. The molecular formula is C17H20N2O. The van der Waals surface area contributed by atoms with Gasteiger partial charge in [-0.05, 0) is 23.6 Å². The first-order valence-electron chi connectivity index (χ1n) is 6.84. The molecule has 2 rings (SSSR count). The summed E-state index contributed by atoms with van der Waals surface area (Å²) in [6.45, 7) is 4.20. The molecule has 0 aromatic heterocycles. The van der Waals surface area contributed by atoms with Gasteiger partial charge in [-0.3, -0.25) is 0 Å². The van der Waals surface area contributed by atoms with Gasteiger partial charge in [0.25, 0.3) is 0 Å². The number of amides is 2. The quantitative estimate of drug-likeness (QED) is 0.857. The van der Waals surface area contributed by atoms with E-state index < -0.39 is 0 Å². The first-order valence-corrected chi connectivity index (χ1v) is 6.84. The van der Waals surface area contributed by atoms with Gasteiger partial charge in [0.15, 0.2) is 0 Å². The highest BCUT2D eigenvalue weighted by Crippen LogP contribution is 2.21. The van der Waals surface area contributed by atoms with E-state index in [0.717, 1.165) is 11.3 Å². The second-order valence-corrected chi connectivity index (χ2v) is 5.10. The van der Waals surface area contributed by atoms with Gasteiger partial charge in [0.2, 0.25) is 0 Å². The standard InChI is InChI=1S/C17H20N2O/c1-13(2)16(14-9-5-3-6-10-14)19-17(20)18-15-11-7-4-8-12-15/h3-13,16H,1-2H3,(H2,18,19,20)/t16-/m0/s1. The van der Waals surface area contributed by atoms with Crippen LogP contribution in [0.5, 0.6) is 0 Å². The number of anilines is 1. The summed E-state index contributed by atoms with van der Waals surface area (Å²) in [5.74, 6) is 0.318. The Balaban J connectivity index is 2.04. The fraction of sp³-hybridized carbons (Fsp3) is 0.235. The maximum atomic E-state index is 12.1. The normalized spacial score (nSPS) is 11.9. The fourth-order valence-corrected chi connectivity index (χ4v) is 2.13. The van der Waals surface area contributed by atoms with Crippen molar-refractivity contribution in [2.24, 2.45) is 5.92 Å². The van der Waals surface area contributed by atoms with Crippen LogP contribution in [-0.2, 0) is 0 Å². The molecule has 3 nitrogen and oxygen atoms in total. The van der Waals surface area contributed by atoms with Crippen LogP contribution < -0.4 is 10.6 Å². The van der Waals surface area contributed by atoms with E-state index >= 15 is 0 Å². The van der Waals surface area contributed by atoms with Crippen LogP contribution >= 0.6 is 0 Å². The van der Waals surface area contributed by atoms with E-state index in [1.54, 1.807) is 0 Å². The molecule has 0 aliphatic carbocycles. The van der Waals surface area contributed by atoms with Gasteiger partial charge >= 0.3 is 6.03 Å². The van der Waals surface area contributed by atoms with Gasteiger partial charge in [-0.1, -0.05) is 62.4 Å². The molecule has 0 spiro atoms. The molecule has 0 saturated carbocycles. The third kappa shape index (κ3) is 3.85. The smallest absolute Gasteiger partial charge is 0.319 e. The van der Waals surface area contributed by atoms with Crippen molar-refractivity contribution in [2.45, 2.75) is 19.9 Å². The Morgan fingerprint density at radius 3 is 2.00 bits per heavy atom. The third-order valence-electron chi connectivity index (χ3n) is 3.14. The predicted octanol–water partition coefficient (Wildman–Crippen LogP) is 4.21. The monoisotopic (exact) mass is 268 g/mol. The molecule has 2 N–H and O–H groups in total. The van der Waals surface area contributed by atoms with Crippen LogP contribution in [0, 0.1) is 5.92 Å². The molecule has 104 valence electrons. The summed E-state index contributed by atoms with van der Waals surface area (Å²) in [6, 6.07) is 19.3. The maximum absolute atomic E-state index is 12.1. The summed E-state index contributed by atoms with van der Waals surface area (Å²) in [4.78, 5) is 12.1. The van der Waals surface area contributed by atoms with Crippen molar-refractivity contribution in [1.82, 2.24) is 5.32 Å². The molecule has 2 aromatic carbocycles. The maximum Gasteiger partial charge on any atom is 0.319 e. The number of carbonyl (C=O) groups excluding carboxylic acids is 1. The molecule has 0 aliphatic rings. The van der Waals surface area contributed by atoms with E-state index in [1.165, 1.54) is 0 Å². The molecule has 2 aromatic rings. The number of hydrogen-bond donors (Lipinski definition) is 2. The van der Waals surface area contributed by atoms with Crippen molar-refractivity contribution in [3.63, 3.8) is 0 Å². The number of benzene rings is 2. The lowest BCUT2D eigenvalue weighted by molar-refractivity contribution is 0.244. The molecule has 1 atom stereocenters. The SMILES string of the molecule is CC(C)[C@H](NC(=O)Nc1ccccc1)c1ccccc1. The molecule has 3 heteroatoms. The van der Waals surface area contributed by atoms with Crippen molar-refractivity contribution in [2.75, 3.05) is 5.32 Å². The fourth-order valence-electron chi connectivity index (χ4n) is 2.13. The zero-order valence-corrected chi connectivity index (χ0v) is 11.8. The zero-order valence-electron chi connectivity index (χ0n) is 11.8. The van der Waals surface area contributed by atoms with Gasteiger partial charge in [-0.15, -0.1) is 0 Å². The van der Waals surface area contributed by atoms with Crippen LogP contribution in [0.3, 0.4) is 0 Å². The molecule has 20 heavy (non-hydrogen) atoms. The summed E-state index contributed by atoms with van der Waals surface area (Å²) < 4.78 is 0. The van der Waals surface area contributed by atoms with Crippen LogP contribution in [0.2, 0.25) is 0 Å². The van der Waals surface area contributed by atoms with Crippen molar-refractivity contribution in [3.8, 4) is 0 Å². The minimum atomic E-state index is -0.182. The van der Waals surface area contributed by atoms with Crippen molar-refractivity contribution >= 4 is 11.7 Å². The molecule has 0 bridgehead atoms. The lowest BCUT2D eigenvalue weighted by Gasteiger charge is -2.23. The largest absolute Gasteiger partial charge is 0.331 e. The van der Waals surface area contributed by atoms with E-state index in [-0.39, 0.29) is 12.1 Å². The molecule has 0 saturated heterocycles. The molecule has 0 unspecified atom stereocenters. The number of para-hydroxylation sites is 1. The average molecular weight is 268 g/mol. The summed E-state index contributed by atoms with van der Waals surface area (Å²) in [5, 5.41) is 5.88. The number of nitrogens with one attached hydrogen (secondary N) is 2. The summed E-state index contributed by atoms with van der Waals surface area (Å²) in [6.07, 6.45) is 0. The molecule has 2 amide bonds. The first kappa shape index (κ1) is 14.1. The highest BCUT2D eigenvalue weighted by atomic mass is 16.2. The van der Waals surface area contributed by atoms with Gasteiger partial charge < -0.3 is 10.6 Å². The second-order valence-electron chi connectivity index (χ2n) is 5.10. The van der Waals surface area contributed by atoms with Crippen LogP contribution in [0.25, 0.3) is 0 Å². The molecule has 0 aliphatic heterocycles. The highest BCUT2D eigenvalue weighted by molar-refractivity contribution is 5.89. The molecule has 0 fully saturated rings. The number of hydrogen-bond acceptors (Lipinski definition) is 1. The minimum absolute atomic E-state index is 0.0000813. The van der Waals surface area contributed by atoms with E-state index in [1.807, 2.05) is 60.7 Å². The number of urea groups is 1. The summed E-state index contributed by atoms with van der Waals surface area (Å²) in [5.41, 5.74) is 1.91. The topological polar surface area (TPSA) is 41.1 Å². The number of carbonyl (C=O) groups is 1. The summed E-state index contributed by atoms with van der Waals surface area (Å²) >= 11 is 0. The van der Waals surface area contributed by atoms with Gasteiger partial charge in [0.05, 0.1) is 6.04 Å². The van der Waals surface area contributed by atoms with Crippen LogP contribution in [0.15, 0.2) is 60.7 Å². The molecule has 0 radical (unpaired) electrons. The lowest BCUT2D eigenvalue weighted by Crippen LogP contribution is -2.35. The lowest BCUT2D eigenvalue weighted by atomic mass is 9.96. The minimum Gasteiger partial charge on any atom is -0.331 e. The first-order chi connectivity index (χ1) is 9.66. The molecular weight excluding hydrogens is 248 g/mol. The van der Waals surface area contributed by atoms with E-state index in [4.69, 9.17) is 0 Å². The van der Waals surface area contributed by atoms with Gasteiger partial charge in [-0.2, -0.15) is 0 Å². The Bertz CT molecular complexity index is 537. The Morgan fingerprint density at radius 2 is 1.45 bits per heavy atom. The van der Waals surface area contributed by atoms with Gasteiger partial charge in [0, 0.05) is 5.69 Å². The van der Waals surface area contributed by atoms with Gasteiger partial charge in [-0.25, -0.2) is 4.79 Å². The highest BCUT2D eigenvalue weighted by Gasteiger charge is 2.17. The van der Waals surface area contributed by atoms with Gasteiger partial charge in [0.1, 0.15) is 0 Å². The van der Waals surface area contributed by atoms with Crippen LogP contribution in [0.1, 0.15) is 25.5 Å². The zero-order chi connectivity index (χ0) is 14.4. The Labute approximate surface area is 120 Å². The van der Waals surface area contributed by atoms with E-state index in [2.05, 4.69) is 24.5 Å². The average Bonchev–Trinajstić information content (AvgIpc) is 2.46. The van der Waals surface area contributed by atoms with Crippen LogP contribution in [0.4, 0.5) is 10.5 Å².